The fourth-order valence-corrected chi connectivity index (χ4v) is 4.96. The predicted octanol–water partition coefficient (Wildman–Crippen LogP) is 2.55. The van der Waals surface area contributed by atoms with Gasteiger partial charge in [-0.05, 0) is 36.4 Å². The van der Waals surface area contributed by atoms with E-state index in [0.29, 0.717) is 62.7 Å². The monoisotopic (exact) mass is 440 g/mol. The highest BCUT2D eigenvalue weighted by molar-refractivity contribution is 5.94. The molecule has 0 saturated carbocycles. The third kappa shape index (κ3) is 3.51. The lowest BCUT2D eigenvalue weighted by molar-refractivity contribution is -0.00320. The van der Waals surface area contributed by atoms with E-state index in [1.54, 1.807) is 47.2 Å². The van der Waals surface area contributed by atoms with Crippen LogP contribution in [0, 0.1) is 5.82 Å². The van der Waals surface area contributed by atoms with E-state index in [4.69, 9.17) is 9.47 Å². The van der Waals surface area contributed by atoms with Crippen LogP contribution in [0.25, 0.3) is 0 Å². The number of hydrogen-bond acceptors (Lipinski definition) is 6. The quantitative estimate of drug-likeness (QED) is 0.730. The van der Waals surface area contributed by atoms with Gasteiger partial charge in [0.05, 0.1) is 19.3 Å². The summed E-state index contributed by atoms with van der Waals surface area (Å²) in [7, 11) is 1.59. The maximum atomic E-state index is 13.2. The number of ether oxygens (including phenoxy) is 2. The van der Waals surface area contributed by atoms with Gasteiger partial charge in [0.25, 0.3) is 5.91 Å². The van der Waals surface area contributed by atoms with Gasteiger partial charge in [-0.2, -0.15) is 0 Å². The SMILES string of the molecule is COc1ccc(C(=O)N2CCN3C(=O)OC4(CCN(c5ccc(F)cn5)CC4)C3C2)cc1. The molecule has 8 nitrogen and oxygen atoms in total. The minimum Gasteiger partial charge on any atom is -0.497 e. The highest BCUT2D eigenvalue weighted by Gasteiger charge is 2.57. The van der Waals surface area contributed by atoms with Crippen LogP contribution in [-0.2, 0) is 4.74 Å². The molecule has 1 spiro atoms. The van der Waals surface area contributed by atoms with Crippen molar-refractivity contribution in [2.75, 3.05) is 44.7 Å². The molecule has 1 aromatic heterocycles. The number of methoxy groups -OCH3 is 1. The lowest BCUT2D eigenvalue weighted by Gasteiger charge is -2.45. The van der Waals surface area contributed by atoms with Gasteiger partial charge in [0, 0.05) is 51.1 Å². The van der Waals surface area contributed by atoms with Crippen molar-refractivity contribution in [3.8, 4) is 5.75 Å². The van der Waals surface area contributed by atoms with Crippen LogP contribution in [-0.4, -0.2) is 78.3 Å². The first kappa shape index (κ1) is 20.5. The van der Waals surface area contributed by atoms with Crippen LogP contribution < -0.4 is 9.64 Å². The lowest BCUT2D eigenvalue weighted by atomic mass is 9.83. The molecule has 3 aliphatic rings. The highest BCUT2D eigenvalue weighted by atomic mass is 19.1. The van der Waals surface area contributed by atoms with E-state index in [-0.39, 0.29) is 23.9 Å². The minimum atomic E-state index is -0.632. The average molecular weight is 440 g/mol. The Labute approximate surface area is 185 Å². The molecule has 1 unspecified atom stereocenters. The minimum absolute atomic E-state index is 0.0604. The van der Waals surface area contributed by atoms with E-state index in [1.165, 1.54) is 12.3 Å². The van der Waals surface area contributed by atoms with E-state index in [9.17, 15) is 14.0 Å². The molecule has 1 aromatic carbocycles. The molecule has 0 N–H and O–H groups in total. The zero-order valence-corrected chi connectivity index (χ0v) is 17.9. The Balaban J connectivity index is 1.30. The Hall–Kier alpha value is -3.36. The van der Waals surface area contributed by atoms with Gasteiger partial charge in [-0.3, -0.25) is 9.69 Å². The summed E-state index contributed by atoms with van der Waals surface area (Å²) in [6, 6.07) is 9.93. The Bertz CT molecular complexity index is 1010. The molecule has 3 saturated heterocycles. The highest BCUT2D eigenvalue weighted by Crippen LogP contribution is 2.41. The molecule has 32 heavy (non-hydrogen) atoms. The normalized spacial score (nSPS) is 22.0. The molecular formula is C23H25FN4O4. The Morgan fingerprint density at radius 3 is 2.53 bits per heavy atom. The van der Waals surface area contributed by atoms with E-state index >= 15 is 0 Å². The van der Waals surface area contributed by atoms with Crippen molar-refractivity contribution in [2.24, 2.45) is 0 Å². The second kappa shape index (κ2) is 7.96. The third-order valence-corrected chi connectivity index (χ3v) is 6.78. The second-order valence-electron chi connectivity index (χ2n) is 8.44. The molecular weight excluding hydrogens is 415 g/mol. The van der Waals surface area contributed by atoms with Crippen molar-refractivity contribution in [1.29, 1.82) is 0 Å². The number of carbonyl (C=O) groups excluding carboxylic acids is 2. The van der Waals surface area contributed by atoms with Crippen LogP contribution in [0.2, 0.25) is 0 Å². The topological polar surface area (TPSA) is 75.2 Å². The first-order valence-electron chi connectivity index (χ1n) is 10.8. The summed E-state index contributed by atoms with van der Waals surface area (Å²) in [4.78, 5) is 35.5. The standard InChI is InChI=1S/C23H25FN4O4/c1-31-18-5-2-16(3-6-18)21(29)27-12-13-28-19(15-27)23(32-22(28)30)8-10-26(11-9-23)20-7-4-17(24)14-25-20/h2-7,14,19H,8-13,15H2,1H3. The molecule has 2 amide bonds. The van der Waals surface area contributed by atoms with Crippen LogP contribution >= 0.6 is 0 Å². The maximum Gasteiger partial charge on any atom is 0.410 e. The summed E-state index contributed by atoms with van der Waals surface area (Å²) in [6.07, 6.45) is 2.16. The van der Waals surface area contributed by atoms with Crippen LogP contribution in [0.4, 0.5) is 15.0 Å². The van der Waals surface area contributed by atoms with Crippen LogP contribution in [0.5, 0.6) is 5.75 Å². The van der Waals surface area contributed by atoms with Crippen molar-refractivity contribution >= 4 is 17.8 Å². The van der Waals surface area contributed by atoms with Crippen molar-refractivity contribution < 1.29 is 23.5 Å². The van der Waals surface area contributed by atoms with E-state index in [1.807, 2.05) is 0 Å². The fourth-order valence-electron chi connectivity index (χ4n) is 4.96. The van der Waals surface area contributed by atoms with Crippen LogP contribution in [0.15, 0.2) is 42.6 Å². The molecule has 2 aromatic rings. The number of piperidine rings is 1. The summed E-state index contributed by atoms with van der Waals surface area (Å²) in [5.41, 5.74) is -0.0392. The smallest absolute Gasteiger partial charge is 0.410 e. The number of benzene rings is 1. The van der Waals surface area contributed by atoms with Crippen molar-refractivity contribution in [1.82, 2.24) is 14.8 Å². The summed E-state index contributed by atoms with van der Waals surface area (Å²) >= 11 is 0. The van der Waals surface area contributed by atoms with Gasteiger partial charge in [-0.15, -0.1) is 0 Å². The summed E-state index contributed by atoms with van der Waals surface area (Å²) in [6.45, 7) is 2.64. The fraction of sp³-hybridized carbons (Fsp3) is 0.435. The number of anilines is 1. The molecule has 3 fully saturated rings. The number of piperazine rings is 1. The van der Waals surface area contributed by atoms with Gasteiger partial charge in [0.2, 0.25) is 0 Å². The predicted molar refractivity (Wildman–Crippen MR) is 114 cm³/mol. The Kier molecular flexibility index (Phi) is 5.11. The number of amides is 2. The van der Waals surface area contributed by atoms with E-state index in [0.717, 1.165) is 0 Å². The van der Waals surface area contributed by atoms with Crippen molar-refractivity contribution in [3.05, 3.63) is 54.0 Å². The van der Waals surface area contributed by atoms with Gasteiger partial charge >= 0.3 is 6.09 Å². The van der Waals surface area contributed by atoms with Gasteiger partial charge in [0.1, 0.15) is 23.0 Å². The molecule has 168 valence electrons. The Morgan fingerprint density at radius 1 is 1.12 bits per heavy atom. The molecule has 5 rings (SSSR count). The molecule has 0 aliphatic carbocycles. The summed E-state index contributed by atoms with van der Waals surface area (Å²) in [5, 5.41) is 0. The zero-order chi connectivity index (χ0) is 22.3. The number of pyridine rings is 1. The molecule has 3 aliphatic heterocycles. The first-order chi connectivity index (χ1) is 15.5. The van der Waals surface area contributed by atoms with Gasteiger partial charge in [0.15, 0.2) is 0 Å². The molecule has 1 atom stereocenters. The van der Waals surface area contributed by atoms with Gasteiger partial charge < -0.3 is 19.3 Å². The number of fused-ring (bicyclic) bond motifs is 2. The second-order valence-corrected chi connectivity index (χ2v) is 8.44. The average Bonchev–Trinajstić information content (AvgIpc) is 3.10. The molecule has 4 heterocycles. The Morgan fingerprint density at radius 2 is 1.88 bits per heavy atom. The molecule has 0 bridgehead atoms. The first-order valence-corrected chi connectivity index (χ1v) is 10.8. The van der Waals surface area contributed by atoms with Crippen LogP contribution in [0.1, 0.15) is 23.2 Å². The molecule has 0 radical (unpaired) electrons. The maximum absolute atomic E-state index is 13.2. The molecule has 9 heteroatoms. The van der Waals surface area contributed by atoms with Crippen LogP contribution in [0.3, 0.4) is 0 Å². The number of rotatable bonds is 3. The van der Waals surface area contributed by atoms with E-state index in [2.05, 4.69) is 9.88 Å². The van der Waals surface area contributed by atoms with E-state index < -0.39 is 5.60 Å². The summed E-state index contributed by atoms with van der Waals surface area (Å²) < 4.78 is 24.3. The van der Waals surface area contributed by atoms with Gasteiger partial charge in [-0.1, -0.05) is 0 Å². The number of halogens is 1. The number of carbonyl (C=O) groups is 2. The lowest BCUT2D eigenvalue weighted by Crippen LogP contribution is -2.61. The van der Waals surface area contributed by atoms with Gasteiger partial charge in [-0.25, -0.2) is 14.2 Å². The summed E-state index contributed by atoms with van der Waals surface area (Å²) in [5.74, 6) is 0.978. The number of nitrogens with zero attached hydrogens (tertiary/aromatic N) is 4. The van der Waals surface area contributed by atoms with Crippen molar-refractivity contribution in [2.45, 2.75) is 24.5 Å². The number of hydrogen-bond donors (Lipinski definition) is 0. The van der Waals surface area contributed by atoms with Crippen molar-refractivity contribution in [3.63, 3.8) is 0 Å². The zero-order valence-electron chi connectivity index (χ0n) is 17.9. The third-order valence-electron chi connectivity index (χ3n) is 6.78. The largest absolute Gasteiger partial charge is 0.497 e. The number of aromatic nitrogens is 1.